The smallest absolute Gasteiger partial charge is 0.261 e. The van der Waals surface area contributed by atoms with Crippen molar-refractivity contribution in [1.82, 2.24) is 0 Å². The average molecular weight is 509 g/mol. The van der Waals surface area contributed by atoms with Crippen LogP contribution in [0.2, 0.25) is 5.04 Å². The fraction of sp³-hybridized carbons (Fsp3) is 0.433. The summed E-state index contributed by atoms with van der Waals surface area (Å²) in [5, 5.41) is 2.09. The molecule has 0 amide bonds. The van der Waals surface area contributed by atoms with Crippen LogP contribution in [0, 0.1) is 0 Å². The van der Waals surface area contributed by atoms with Gasteiger partial charge in [-0.2, -0.15) is 0 Å². The minimum absolute atomic E-state index is 0.0339. The van der Waals surface area contributed by atoms with Gasteiger partial charge in [-0.15, -0.1) is 0 Å². The molecule has 0 saturated carbocycles. The van der Waals surface area contributed by atoms with Crippen LogP contribution in [0.5, 0.6) is 0 Å². The van der Waals surface area contributed by atoms with E-state index >= 15 is 0 Å². The number of carbonyl (C=O) groups excluding carboxylic acids is 1. The number of methoxy groups -OCH3 is 1. The van der Waals surface area contributed by atoms with Gasteiger partial charge in [0.1, 0.15) is 19.2 Å². The van der Waals surface area contributed by atoms with E-state index in [9.17, 15) is 4.79 Å². The van der Waals surface area contributed by atoms with Crippen LogP contribution in [-0.2, 0) is 23.4 Å². The molecule has 194 valence electrons. The lowest BCUT2D eigenvalue weighted by Crippen LogP contribution is -2.68. The van der Waals surface area contributed by atoms with Gasteiger partial charge in [0, 0.05) is 13.5 Å². The lowest BCUT2D eigenvalue weighted by molar-refractivity contribution is -0.115. The molecule has 3 rings (SSSR count). The topological polar surface area (TPSA) is 54.0 Å². The van der Waals surface area contributed by atoms with Crippen LogP contribution >= 0.6 is 0 Å². The monoisotopic (exact) mass is 508 g/mol. The standard InChI is InChI=1S/C30H40O5Si/c1-24-19-21-33-25(22-24)16-17-28(34-23-32-5)29(18-20-31)35-36(30(2,3)4,26-12-8-6-9-13-26)27-14-10-7-11-15-27/h6-17,19-20,25,28-29H,18,21-23H2,1-5H3/b17-16+/t25-,28+,29+/m1/s1. The van der Waals surface area contributed by atoms with E-state index in [2.05, 4.69) is 82.3 Å². The van der Waals surface area contributed by atoms with E-state index in [1.807, 2.05) is 24.3 Å². The molecular formula is C30H40O5Si. The Labute approximate surface area is 217 Å². The van der Waals surface area contributed by atoms with Gasteiger partial charge < -0.3 is 23.4 Å². The van der Waals surface area contributed by atoms with Crippen molar-refractivity contribution in [3.8, 4) is 0 Å². The highest BCUT2D eigenvalue weighted by Crippen LogP contribution is 2.38. The molecular weight excluding hydrogens is 468 g/mol. The molecule has 0 saturated heterocycles. The minimum Gasteiger partial charge on any atom is -0.401 e. The summed E-state index contributed by atoms with van der Waals surface area (Å²) in [7, 11) is -1.29. The summed E-state index contributed by atoms with van der Waals surface area (Å²) >= 11 is 0. The first-order valence-electron chi connectivity index (χ1n) is 12.6. The third-order valence-corrected chi connectivity index (χ3v) is 11.7. The van der Waals surface area contributed by atoms with Crippen LogP contribution in [0.25, 0.3) is 0 Å². The molecule has 0 spiro atoms. The van der Waals surface area contributed by atoms with Crippen LogP contribution in [0.3, 0.4) is 0 Å². The average Bonchev–Trinajstić information content (AvgIpc) is 2.87. The van der Waals surface area contributed by atoms with E-state index in [1.165, 1.54) is 5.57 Å². The number of hydrogen-bond acceptors (Lipinski definition) is 5. The van der Waals surface area contributed by atoms with Crippen molar-refractivity contribution >= 4 is 25.0 Å². The highest BCUT2D eigenvalue weighted by atomic mass is 28.4. The normalized spacial score (nSPS) is 18.6. The predicted octanol–water partition coefficient (Wildman–Crippen LogP) is 4.80. The van der Waals surface area contributed by atoms with Crippen molar-refractivity contribution in [3.63, 3.8) is 0 Å². The van der Waals surface area contributed by atoms with Gasteiger partial charge in [0.2, 0.25) is 0 Å². The van der Waals surface area contributed by atoms with Crippen LogP contribution in [0.4, 0.5) is 0 Å². The maximum atomic E-state index is 11.9. The number of aldehydes is 1. The summed E-state index contributed by atoms with van der Waals surface area (Å²) in [5.41, 5.74) is 1.30. The van der Waals surface area contributed by atoms with Crippen molar-refractivity contribution in [2.45, 2.75) is 63.9 Å². The molecule has 0 fully saturated rings. The Kier molecular flexibility index (Phi) is 10.4. The zero-order valence-corrected chi connectivity index (χ0v) is 23.2. The number of carbonyl (C=O) groups is 1. The molecule has 2 aromatic rings. The van der Waals surface area contributed by atoms with E-state index in [4.69, 9.17) is 18.6 Å². The van der Waals surface area contributed by atoms with Gasteiger partial charge in [-0.25, -0.2) is 0 Å². The molecule has 0 bridgehead atoms. The van der Waals surface area contributed by atoms with E-state index in [-0.39, 0.29) is 24.4 Å². The molecule has 1 aliphatic rings. The van der Waals surface area contributed by atoms with Gasteiger partial charge in [0.05, 0.1) is 18.8 Å². The van der Waals surface area contributed by atoms with Crippen molar-refractivity contribution in [3.05, 3.63) is 84.5 Å². The van der Waals surface area contributed by atoms with Crippen molar-refractivity contribution in [2.75, 3.05) is 20.5 Å². The molecule has 0 aromatic heterocycles. The van der Waals surface area contributed by atoms with Gasteiger partial charge >= 0.3 is 0 Å². The zero-order chi connectivity index (χ0) is 26.0. The number of rotatable bonds is 12. The molecule has 1 aliphatic heterocycles. The second-order valence-electron chi connectivity index (χ2n) is 10.3. The third kappa shape index (κ3) is 6.90. The number of hydrogen-bond donors (Lipinski definition) is 0. The summed E-state index contributed by atoms with van der Waals surface area (Å²) in [6, 6.07) is 20.8. The molecule has 36 heavy (non-hydrogen) atoms. The molecule has 0 aliphatic carbocycles. The van der Waals surface area contributed by atoms with E-state index in [0.29, 0.717) is 6.61 Å². The first-order valence-corrected chi connectivity index (χ1v) is 14.5. The molecule has 0 unspecified atom stereocenters. The third-order valence-electron chi connectivity index (χ3n) is 6.60. The van der Waals surface area contributed by atoms with E-state index in [0.717, 1.165) is 23.1 Å². The maximum absolute atomic E-state index is 11.9. The van der Waals surface area contributed by atoms with Crippen LogP contribution < -0.4 is 10.4 Å². The highest BCUT2D eigenvalue weighted by Gasteiger charge is 2.52. The van der Waals surface area contributed by atoms with E-state index in [1.54, 1.807) is 7.11 Å². The molecule has 3 atom stereocenters. The van der Waals surface area contributed by atoms with Gasteiger partial charge in [-0.05, 0) is 28.8 Å². The Balaban J connectivity index is 2.06. The Morgan fingerprint density at radius 3 is 2.17 bits per heavy atom. The molecule has 5 nitrogen and oxygen atoms in total. The maximum Gasteiger partial charge on any atom is 0.261 e. The zero-order valence-electron chi connectivity index (χ0n) is 22.2. The quantitative estimate of drug-likeness (QED) is 0.178. The lowest BCUT2D eigenvalue weighted by atomic mass is 10.0. The molecule has 1 heterocycles. The lowest BCUT2D eigenvalue weighted by Gasteiger charge is -2.46. The summed E-state index contributed by atoms with van der Waals surface area (Å²) in [6.07, 6.45) is 7.06. The molecule has 0 N–H and O–H groups in total. The summed E-state index contributed by atoms with van der Waals surface area (Å²) in [5.74, 6) is 0. The minimum atomic E-state index is -2.89. The first kappa shape index (κ1) is 28.2. The number of benzene rings is 2. The first-order chi connectivity index (χ1) is 17.3. The Morgan fingerprint density at radius 1 is 1.06 bits per heavy atom. The fourth-order valence-electron chi connectivity index (χ4n) is 4.83. The highest BCUT2D eigenvalue weighted by molar-refractivity contribution is 6.99. The van der Waals surface area contributed by atoms with Crippen LogP contribution in [-0.4, -0.2) is 53.4 Å². The van der Waals surface area contributed by atoms with Crippen LogP contribution in [0.15, 0.2) is 84.5 Å². The van der Waals surface area contributed by atoms with Crippen molar-refractivity contribution < 1.29 is 23.4 Å². The Hall–Kier alpha value is -2.35. The molecule has 6 heteroatoms. The second kappa shape index (κ2) is 13.3. The summed E-state index contributed by atoms with van der Waals surface area (Å²) < 4.78 is 24.5. The fourth-order valence-corrected chi connectivity index (χ4v) is 9.53. The second-order valence-corrected chi connectivity index (χ2v) is 14.5. The molecule has 2 aromatic carbocycles. The largest absolute Gasteiger partial charge is 0.401 e. The van der Waals surface area contributed by atoms with Crippen molar-refractivity contribution in [1.29, 1.82) is 0 Å². The Morgan fingerprint density at radius 2 is 1.67 bits per heavy atom. The van der Waals surface area contributed by atoms with Gasteiger partial charge in [-0.1, -0.05) is 105 Å². The van der Waals surface area contributed by atoms with E-state index < -0.39 is 20.5 Å². The van der Waals surface area contributed by atoms with Crippen molar-refractivity contribution in [2.24, 2.45) is 0 Å². The van der Waals surface area contributed by atoms with Crippen LogP contribution in [0.1, 0.15) is 40.5 Å². The SMILES string of the molecule is COCO[C@@H](/C=C/[C@@H]1CC(C)=CCO1)[C@H](CC=O)O[Si](c1ccccc1)(c1ccccc1)C(C)(C)C. The molecule has 0 radical (unpaired) electrons. The summed E-state index contributed by atoms with van der Waals surface area (Å²) in [6.45, 7) is 9.48. The predicted molar refractivity (Wildman–Crippen MR) is 147 cm³/mol. The van der Waals surface area contributed by atoms with Gasteiger partial charge in [0.15, 0.2) is 0 Å². The Bertz CT molecular complexity index is 958. The number of ether oxygens (including phenoxy) is 3. The van der Waals surface area contributed by atoms with Gasteiger partial charge in [0.25, 0.3) is 8.32 Å². The summed E-state index contributed by atoms with van der Waals surface area (Å²) in [4.78, 5) is 11.9. The van der Waals surface area contributed by atoms with Gasteiger partial charge in [-0.3, -0.25) is 0 Å².